The Morgan fingerprint density at radius 2 is 0.964 bits per heavy atom. The smallest absolute Gasteiger partial charge is 0.333 e. The van der Waals surface area contributed by atoms with Crippen LogP contribution >= 0.6 is 0 Å². The van der Waals surface area contributed by atoms with Crippen molar-refractivity contribution in [1.29, 1.82) is 0 Å². The summed E-state index contributed by atoms with van der Waals surface area (Å²) in [7, 11) is 0. The first-order valence-corrected chi connectivity index (χ1v) is 20.3. The van der Waals surface area contributed by atoms with Crippen LogP contribution in [0.1, 0.15) is 105 Å². The lowest BCUT2D eigenvalue weighted by atomic mass is 9.45. The van der Waals surface area contributed by atoms with Gasteiger partial charge in [-0.25, -0.2) is 0 Å². The van der Waals surface area contributed by atoms with Crippen molar-refractivity contribution in [3.05, 3.63) is 125 Å². The summed E-state index contributed by atoms with van der Waals surface area (Å²) in [4.78, 5) is 0. The quantitative estimate of drug-likeness (QED) is 0.150. The molecule has 0 spiro atoms. The Bertz CT molecular complexity index is 2940. The highest BCUT2D eigenvalue weighted by atomic mass is 15.0. The molecule has 6 aromatic carbocycles. The lowest BCUT2D eigenvalue weighted by Crippen LogP contribution is -2.55. The van der Waals surface area contributed by atoms with Crippen LogP contribution in [0.3, 0.4) is 0 Å². The van der Waals surface area contributed by atoms with Crippen LogP contribution < -0.4 is 10.9 Å². The lowest BCUT2D eigenvalue weighted by molar-refractivity contribution is 0.590. The molecule has 0 saturated heterocycles. The fourth-order valence-electron chi connectivity index (χ4n) is 9.73. The Morgan fingerprint density at radius 3 is 1.56 bits per heavy atom. The molecule has 2 aromatic heterocycles. The van der Waals surface area contributed by atoms with Crippen LogP contribution in [0.5, 0.6) is 0 Å². The fourth-order valence-corrected chi connectivity index (χ4v) is 9.73. The summed E-state index contributed by atoms with van der Waals surface area (Å²) < 4.78 is 5.38. The molecule has 0 atom stereocenters. The van der Waals surface area contributed by atoms with Crippen LogP contribution in [0.4, 0.5) is 0 Å². The van der Waals surface area contributed by atoms with Gasteiger partial charge in [-0.15, -0.1) is 0 Å². The molecule has 0 amide bonds. The summed E-state index contributed by atoms with van der Waals surface area (Å²) in [5.74, 6) is 0. The molecule has 0 radical (unpaired) electrons. The van der Waals surface area contributed by atoms with Crippen LogP contribution in [-0.2, 0) is 21.7 Å². The standard InChI is InChI=1S/C52H53BN2/c1-49(2,3)31-18-21-42-36(24-31)39-27-34(52(10,11)12)29-41-48(39)54(42)44-23-20-35(30-16-14-13-15-17-30)45-40-28-33(51(7,8)9)26-38-37-25-32(50(4,5)6)19-22-43(37)55(47(38)40)53(41)46(44)45/h13-29H,1-12H3. The molecule has 3 heteroatoms. The minimum Gasteiger partial charge on any atom is -0.375 e. The molecule has 10 rings (SSSR count). The molecule has 0 fully saturated rings. The van der Waals surface area contributed by atoms with Crippen molar-refractivity contribution in [2.45, 2.75) is 105 Å². The molecule has 55 heavy (non-hydrogen) atoms. The largest absolute Gasteiger partial charge is 0.375 e. The van der Waals surface area contributed by atoms with Crippen molar-refractivity contribution in [3.63, 3.8) is 0 Å². The molecule has 8 aromatic rings. The Balaban J connectivity index is 1.47. The number of nitrogens with zero attached hydrogens (tertiary/aromatic N) is 2. The summed E-state index contributed by atoms with van der Waals surface area (Å²) in [6.07, 6.45) is 0. The number of hydrogen-bond acceptors (Lipinski definition) is 0. The van der Waals surface area contributed by atoms with E-state index < -0.39 is 0 Å². The molecular weight excluding hydrogens is 663 g/mol. The van der Waals surface area contributed by atoms with Gasteiger partial charge in [-0.1, -0.05) is 138 Å². The normalized spacial score (nSPS) is 14.1. The van der Waals surface area contributed by atoms with E-state index in [9.17, 15) is 0 Å². The van der Waals surface area contributed by atoms with Crippen molar-refractivity contribution in [1.82, 2.24) is 9.05 Å². The first-order valence-electron chi connectivity index (χ1n) is 20.3. The van der Waals surface area contributed by atoms with E-state index in [0.717, 1.165) is 0 Å². The van der Waals surface area contributed by atoms with Crippen LogP contribution in [0, 0.1) is 0 Å². The van der Waals surface area contributed by atoms with Crippen molar-refractivity contribution < 1.29 is 0 Å². The highest BCUT2D eigenvalue weighted by molar-refractivity contribution is 6.90. The first-order chi connectivity index (χ1) is 25.8. The van der Waals surface area contributed by atoms with Gasteiger partial charge in [0.25, 0.3) is 0 Å². The van der Waals surface area contributed by atoms with E-state index in [1.54, 1.807) is 0 Å². The van der Waals surface area contributed by atoms with Gasteiger partial charge in [0.2, 0.25) is 0 Å². The summed E-state index contributed by atoms with van der Waals surface area (Å²) in [5, 5.41) is 5.43. The maximum Gasteiger partial charge on any atom is 0.333 e. The van der Waals surface area contributed by atoms with Gasteiger partial charge in [-0.3, -0.25) is 0 Å². The van der Waals surface area contributed by atoms with E-state index in [1.165, 1.54) is 105 Å². The third-order valence-electron chi connectivity index (χ3n) is 12.9. The summed E-state index contributed by atoms with van der Waals surface area (Å²) >= 11 is 0. The number of benzene rings is 6. The van der Waals surface area contributed by atoms with E-state index in [-0.39, 0.29) is 28.5 Å². The minimum absolute atomic E-state index is 0.00540. The minimum atomic E-state index is -0.0282. The van der Waals surface area contributed by atoms with Gasteiger partial charge in [0, 0.05) is 43.8 Å². The maximum atomic E-state index is 2.75. The predicted molar refractivity (Wildman–Crippen MR) is 240 cm³/mol. The Labute approximate surface area is 327 Å². The van der Waals surface area contributed by atoms with E-state index in [0.29, 0.717) is 0 Å². The molecule has 0 N–H and O–H groups in total. The third kappa shape index (κ3) is 4.81. The second-order valence-electron chi connectivity index (χ2n) is 20.7. The van der Waals surface area contributed by atoms with Gasteiger partial charge in [0.15, 0.2) is 0 Å². The third-order valence-corrected chi connectivity index (χ3v) is 12.9. The first kappa shape index (κ1) is 34.5. The second-order valence-corrected chi connectivity index (χ2v) is 20.7. The zero-order chi connectivity index (χ0) is 38.7. The number of fused-ring (bicyclic) bond motifs is 10. The zero-order valence-corrected chi connectivity index (χ0v) is 34.8. The number of aromatic nitrogens is 2. The predicted octanol–water partition coefficient (Wildman–Crippen LogP) is 12.7. The van der Waals surface area contributed by atoms with Crippen molar-refractivity contribution in [2.24, 2.45) is 0 Å². The van der Waals surface area contributed by atoms with Gasteiger partial charge in [0.05, 0.1) is 11.0 Å². The van der Waals surface area contributed by atoms with Crippen LogP contribution in [0.2, 0.25) is 0 Å². The lowest BCUT2D eigenvalue weighted by Gasteiger charge is -2.36. The van der Waals surface area contributed by atoms with E-state index in [1.807, 2.05) is 0 Å². The van der Waals surface area contributed by atoms with E-state index >= 15 is 0 Å². The Kier molecular flexibility index (Phi) is 6.80. The van der Waals surface area contributed by atoms with E-state index in [4.69, 9.17) is 0 Å². The number of rotatable bonds is 1. The number of hydrogen-bond donors (Lipinski definition) is 0. The molecule has 2 nitrogen and oxygen atoms in total. The molecule has 274 valence electrons. The molecule has 2 aliphatic heterocycles. The molecule has 2 aliphatic rings. The van der Waals surface area contributed by atoms with Gasteiger partial charge in [-0.05, 0) is 120 Å². The molecule has 0 bridgehead atoms. The molecule has 0 saturated carbocycles. The van der Waals surface area contributed by atoms with Gasteiger partial charge >= 0.3 is 6.85 Å². The monoisotopic (exact) mass is 716 g/mol. The average Bonchev–Trinajstić information content (AvgIpc) is 3.63. The Hall–Kier alpha value is -5.02. The van der Waals surface area contributed by atoms with Crippen molar-refractivity contribution in [3.8, 4) is 27.9 Å². The van der Waals surface area contributed by atoms with Gasteiger partial charge < -0.3 is 9.05 Å². The molecule has 4 heterocycles. The van der Waals surface area contributed by atoms with Crippen molar-refractivity contribution in [2.75, 3.05) is 0 Å². The van der Waals surface area contributed by atoms with Gasteiger partial charge in [-0.2, -0.15) is 0 Å². The average molecular weight is 717 g/mol. The van der Waals surface area contributed by atoms with Crippen LogP contribution in [0.25, 0.3) is 71.6 Å². The molecule has 0 unspecified atom stereocenters. The second kappa shape index (κ2) is 10.8. The molecular formula is C52H53BN2. The highest BCUT2D eigenvalue weighted by Gasteiger charge is 2.43. The van der Waals surface area contributed by atoms with Crippen LogP contribution in [-0.4, -0.2) is 15.9 Å². The van der Waals surface area contributed by atoms with Gasteiger partial charge in [0.1, 0.15) is 0 Å². The van der Waals surface area contributed by atoms with E-state index in [2.05, 4.69) is 195 Å². The SMILES string of the molecule is CC(C)(C)c1ccc2c(c1)c1cc(C(C)(C)C)cc3c1n2B1c2c(ccc(-c4ccccc4)c2-3)-n2c3ccc(C(C)(C)C)cc3c3cc(C(C)(C)C)cc1c32. The topological polar surface area (TPSA) is 9.86 Å². The summed E-state index contributed by atoms with van der Waals surface area (Å²) in [5.41, 5.74) is 20.3. The highest BCUT2D eigenvalue weighted by Crippen LogP contribution is 2.48. The summed E-state index contributed by atoms with van der Waals surface area (Å²) in [6, 6.07) is 40.7. The maximum absolute atomic E-state index is 2.75. The zero-order valence-electron chi connectivity index (χ0n) is 34.8. The van der Waals surface area contributed by atoms with Crippen molar-refractivity contribution >= 4 is 61.4 Å². The fraction of sp³-hybridized carbons (Fsp3) is 0.308. The Morgan fingerprint density at radius 1 is 0.436 bits per heavy atom. The summed E-state index contributed by atoms with van der Waals surface area (Å²) in [6.45, 7) is 28.2. The molecule has 0 aliphatic carbocycles. The van der Waals surface area contributed by atoms with Crippen LogP contribution in [0.15, 0.2) is 103 Å².